The van der Waals surface area contributed by atoms with Crippen LogP contribution in [-0.2, 0) is 28.7 Å². The van der Waals surface area contributed by atoms with Crippen LogP contribution in [0.1, 0.15) is 185 Å². The van der Waals surface area contributed by atoms with Gasteiger partial charge in [-0.25, -0.2) is 0 Å². The van der Waals surface area contributed by atoms with Gasteiger partial charge < -0.3 is 19.7 Å². The van der Waals surface area contributed by atoms with Crippen molar-refractivity contribution in [3.63, 3.8) is 0 Å². The van der Waals surface area contributed by atoms with Gasteiger partial charge in [-0.1, -0.05) is 123 Å². The van der Waals surface area contributed by atoms with Crippen LogP contribution in [0.4, 0.5) is 0 Å². The van der Waals surface area contributed by atoms with Crippen molar-refractivity contribution in [2.24, 2.45) is 39.4 Å². The normalized spacial score (nSPS) is 33.7. The van der Waals surface area contributed by atoms with E-state index < -0.39 is 62.7 Å². The molecule has 0 amide bonds. The molecule has 4 rings (SSSR count). The highest BCUT2D eigenvalue weighted by Crippen LogP contribution is 2.74. The highest BCUT2D eigenvalue weighted by molar-refractivity contribution is 5.98. The number of esters is 1. The van der Waals surface area contributed by atoms with Gasteiger partial charge in [0, 0.05) is 36.7 Å². The van der Waals surface area contributed by atoms with Crippen LogP contribution in [-0.4, -0.2) is 63.5 Å². The van der Waals surface area contributed by atoms with Crippen molar-refractivity contribution in [2.45, 2.75) is 208 Å². The van der Waals surface area contributed by atoms with Crippen molar-refractivity contribution in [2.75, 3.05) is 6.61 Å². The minimum Gasteiger partial charge on any atom is -0.456 e. The first-order valence-electron chi connectivity index (χ1n) is 22.3. The first-order chi connectivity index (χ1) is 26.1. The molecule has 3 fully saturated rings. The molecule has 3 saturated carbocycles. The molecule has 0 aliphatic heterocycles. The van der Waals surface area contributed by atoms with Gasteiger partial charge in [0.1, 0.15) is 23.1 Å². The Hall–Kier alpha value is -2.16. The maximum absolute atomic E-state index is 14.8. The van der Waals surface area contributed by atoms with Gasteiger partial charge in [-0.2, -0.15) is 0 Å². The second-order valence-corrected chi connectivity index (χ2v) is 20.2. The molecule has 56 heavy (non-hydrogen) atoms. The van der Waals surface area contributed by atoms with Crippen LogP contribution in [0.15, 0.2) is 23.8 Å². The molecule has 4 aliphatic rings. The Bertz CT molecular complexity index is 1470. The number of fused-ring (bicyclic) bond motifs is 5. The predicted octanol–water partition coefficient (Wildman–Crippen LogP) is 10.0. The highest BCUT2D eigenvalue weighted by atomic mass is 16.6. The molecule has 0 aromatic carbocycles. The second-order valence-electron chi connectivity index (χ2n) is 20.2. The Morgan fingerprint density at radius 1 is 0.857 bits per heavy atom. The van der Waals surface area contributed by atoms with Gasteiger partial charge >= 0.3 is 5.97 Å². The molecule has 0 aromatic heterocycles. The third kappa shape index (κ3) is 9.33. The van der Waals surface area contributed by atoms with E-state index in [1.807, 2.05) is 20.8 Å². The van der Waals surface area contributed by atoms with Crippen molar-refractivity contribution in [1.29, 1.82) is 0 Å². The molecular weight excluding hydrogens is 705 g/mol. The van der Waals surface area contributed by atoms with Gasteiger partial charge in [0.2, 0.25) is 0 Å². The molecule has 0 saturated heterocycles. The van der Waals surface area contributed by atoms with Gasteiger partial charge in [0.15, 0.2) is 11.6 Å². The molecule has 8 nitrogen and oxygen atoms in total. The van der Waals surface area contributed by atoms with E-state index in [4.69, 9.17) is 9.47 Å². The maximum atomic E-state index is 14.8. The Balaban J connectivity index is 1.51. The van der Waals surface area contributed by atoms with E-state index in [1.54, 1.807) is 20.8 Å². The molecule has 2 N–H and O–H groups in total. The lowest BCUT2D eigenvalue weighted by Crippen LogP contribution is -2.65. The molecule has 9 atom stereocenters. The number of Topliss-reactive ketones (excluding diaryl/α,β-unsaturated/α-hetero) is 2. The lowest BCUT2D eigenvalue weighted by atomic mass is 9.38. The largest absolute Gasteiger partial charge is 0.456 e. The van der Waals surface area contributed by atoms with Crippen molar-refractivity contribution >= 4 is 23.3 Å². The van der Waals surface area contributed by atoms with E-state index in [2.05, 4.69) is 26.8 Å². The first kappa shape index (κ1) is 46.5. The summed E-state index contributed by atoms with van der Waals surface area (Å²) in [5.74, 6) is -2.23. The number of rotatable bonds is 21. The lowest BCUT2D eigenvalue weighted by molar-refractivity contribution is -0.184. The van der Waals surface area contributed by atoms with Gasteiger partial charge in [-0.15, -0.1) is 0 Å². The van der Waals surface area contributed by atoms with Crippen molar-refractivity contribution in [3.8, 4) is 0 Å². The summed E-state index contributed by atoms with van der Waals surface area (Å²) in [7, 11) is 0. The van der Waals surface area contributed by atoms with E-state index in [9.17, 15) is 29.4 Å². The number of hydrogen-bond donors (Lipinski definition) is 2. The van der Waals surface area contributed by atoms with Crippen molar-refractivity contribution < 1.29 is 38.9 Å². The van der Waals surface area contributed by atoms with E-state index in [-0.39, 0.29) is 36.2 Å². The Labute approximate surface area is 339 Å². The van der Waals surface area contributed by atoms with E-state index in [1.165, 1.54) is 89.7 Å². The Kier molecular flexibility index (Phi) is 15.3. The smallest absolute Gasteiger partial charge is 0.303 e. The number of ether oxygens (including phenoxy) is 2. The predicted molar refractivity (Wildman–Crippen MR) is 222 cm³/mol. The fourth-order valence-electron chi connectivity index (χ4n) is 12.0. The number of unbranched alkanes of at least 4 members (excludes halogenated alkanes) is 13. The third-order valence-corrected chi connectivity index (χ3v) is 15.4. The lowest BCUT2D eigenvalue weighted by Gasteiger charge is -2.64. The minimum absolute atomic E-state index is 0.0582. The number of aliphatic hydroxyl groups excluding tert-OH is 1. The van der Waals surface area contributed by atoms with E-state index in [0.29, 0.717) is 19.4 Å². The van der Waals surface area contributed by atoms with Crippen molar-refractivity contribution in [3.05, 3.63) is 23.8 Å². The van der Waals surface area contributed by atoms with Gasteiger partial charge in [0.25, 0.3) is 0 Å². The van der Waals surface area contributed by atoms with Gasteiger partial charge in [-0.3, -0.25) is 19.2 Å². The molecule has 0 bridgehead atoms. The van der Waals surface area contributed by atoms with E-state index >= 15 is 0 Å². The number of aliphatic hydroxyl groups is 2. The summed E-state index contributed by atoms with van der Waals surface area (Å²) < 4.78 is 12.2. The van der Waals surface area contributed by atoms with Crippen LogP contribution >= 0.6 is 0 Å². The second kappa shape index (κ2) is 18.4. The van der Waals surface area contributed by atoms with Crippen LogP contribution in [0.2, 0.25) is 0 Å². The number of allylic oxidation sites excluding steroid dienone is 2. The fraction of sp³-hybridized carbons (Fsp3) is 0.833. The summed E-state index contributed by atoms with van der Waals surface area (Å²) in [5.41, 5.74) is -4.97. The monoisotopic (exact) mass is 783 g/mol. The average molecular weight is 783 g/mol. The van der Waals surface area contributed by atoms with Gasteiger partial charge in [-0.05, 0) is 95.1 Å². The molecule has 0 spiro atoms. The van der Waals surface area contributed by atoms with Crippen LogP contribution in [0.3, 0.4) is 0 Å². The Morgan fingerprint density at radius 3 is 1.93 bits per heavy atom. The number of carbonyl (C=O) groups excluding carboxylic acids is 4. The molecule has 318 valence electrons. The molecule has 4 aliphatic carbocycles. The van der Waals surface area contributed by atoms with Crippen LogP contribution < -0.4 is 0 Å². The van der Waals surface area contributed by atoms with Crippen LogP contribution in [0.25, 0.3) is 0 Å². The number of carbonyl (C=O) groups is 4. The number of ketones is 3. The summed E-state index contributed by atoms with van der Waals surface area (Å²) in [6.45, 7) is 19.1. The third-order valence-electron chi connectivity index (χ3n) is 15.4. The summed E-state index contributed by atoms with van der Waals surface area (Å²) in [6.07, 6.45) is 22.6. The zero-order valence-electron chi connectivity index (χ0n) is 36.9. The topological polar surface area (TPSA) is 127 Å². The zero-order chi connectivity index (χ0) is 41.7. The standard InChI is InChI=1S/C48H78O8/c1-11-12-13-14-15-16-17-18-19-20-21-22-23-24-29-55-37-31-45(7)38-26-25-34-35(30-36(50)42(53)44(34,5)6)47(38,9)40(52)32-46(45,8)41(37)48(10,54)39(51)27-28-43(3,4)56-33(2)49/h25,27-28,35-38,41,50,54H,11-24,26,29-32H2,1-10H3/b28-27+/t35-,36+,37-,38+,41?,45+,46-,47+,48?/m1/s1. The van der Waals surface area contributed by atoms with Gasteiger partial charge in [0.05, 0.1) is 6.10 Å². The summed E-state index contributed by atoms with van der Waals surface area (Å²) in [5, 5.41) is 23.5. The molecule has 0 heterocycles. The minimum atomic E-state index is -1.88. The highest BCUT2D eigenvalue weighted by Gasteiger charge is 2.75. The first-order valence-corrected chi connectivity index (χ1v) is 22.3. The maximum Gasteiger partial charge on any atom is 0.303 e. The SMILES string of the molecule is CCCCCCCCCCCCCCCCO[C@@H]1C[C@@]2(C)[C@@H]3CC=C4[C@@H](C[C@H](O)C(=O)C4(C)C)[C@]3(C)C(=O)C[C@]2(C)C1C(C)(O)C(=O)/C=C/C(C)(C)OC(C)=O. The van der Waals surface area contributed by atoms with Crippen molar-refractivity contribution in [1.82, 2.24) is 0 Å². The molecule has 2 unspecified atom stereocenters. The van der Waals surface area contributed by atoms with Crippen LogP contribution in [0.5, 0.6) is 0 Å². The van der Waals surface area contributed by atoms with E-state index in [0.717, 1.165) is 24.8 Å². The quantitative estimate of drug-likeness (QED) is 0.0510. The average Bonchev–Trinajstić information content (AvgIpc) is 3.34. The van der Waals surface area contributed by atoms with Crippen LogP contribution in [0, 0.1) is 39.4 Å². The summed E-state index contributed by atoms with van der Waals surface area (Å²) in [6, 6.07) is 0. The molecule has 0 aromatic rings. The fourth-order valence-corrected chi connectivity index (χ4v) is 12.0. The molecule has 8 heteroatoms. The Morgan fingerprint density at radius 2 is 1.39 bits per heavy atom. The molecular formula is C48H78O8. The summed E-state index contributed by atoms with van der Waals surface area (Å²) >= 11 is 0. The summed E-state index contributed by atoms with van der Waals surface area (Å²) in [4.78, 5) is 53.9. The molecule has 0 radical (unpaired) electrons. The zero-order valence-corrected chi connectivity index (χ0v) is 36.9. The number of hydrogen-bond acceptors (Lipinski definition) is 8.